The highest BCUT2D eigenvalue weighted by atomic mass is 35.5. The monoisotopic (exact) mass is 529 g/mol. The van der Waals surface area contributed by atoms with E-state index in [1.807, 2.05) is 6.07 Å². The highest BCUT2D eigenvalue weighted by Crippen LogP contribution is 2.34. The van der Waals surface area contributed by atoms with Crippen LogP contribution in [0.1, 0.15) is 11.1 Å². The first-order valence-corrected chi connectivity index (χ1v) is 13.1. The fraction of sp³-hybridized carbons (Fsp3) is 0.400. The highest BCUT2D eigenvalue weighted by Gasteiger charge is 2.30. The van der Waals surface area contributed by atoms with Crippen LogP contribution in [-0.4, -0.2) is 74.6 Å². The zero-order chi connectivity index (χ0) is 25.1. The Morgan fingerprint density at radius 2 is 1.97 bits per heavy atom. The smallest absolute Gasteiger partial charge is 0.418 e. The molecular weight excluding hydrogens is 502 g/mol. The van der Waals surface area contributed by atoms with E-state index in [0.29, 0.717) is 10.7 Å². The zero-order valence-electron chi connectivity index (χ0n) is 20.0. The van der Waals surface area contributed by atoms with E-state index in [2.05, 4.69) is 39.4 Å². The van der Waals surface area contributed by atoms with Crippen LogP contribution in [0.3, 0.4) is 0 Å². The molecule has 3 heterocycles. The van der Waals surface area contributed by atoms with E-state index in [1.165, 1.54) is 15.0 Å². The van der Waals surface area contributed by atoms with Crippen LogP contribution in [0, 0.1) is 0 Å². The molecule has 0 radical (unpaired) electrons. The summed E-state index contributed by atoms with van der Waals surface area (Å²) in [5.41, 5.74) is 2.60. The van der Waals surface area contributed by atoms with Gasteiger partial charge in [-0.25, -0.2) is 4.79 Å². The molecule has 0 spiro atoms. The average molecular weight is 530 g/mol. The van der Waals surface area contributed by atoms with Crippen molar-refractivity contribution in [2.24, 2.45) is 0 Å². The molecule has 190 valence electrons. The minimum absolute atomic E-state index is 0.0371. The minimum Gasteiger partial charge on any atom is -0.418 e. The Kier molecular flexibility index (Phi) is 7.56. The van der Waals surface area contributed by atoms with Gasteiger partial charge in [-0.2, -0.15) is 4.37 Å². The first-order chi connectivity index (χ1) is 17.5. The Hall–Kier alpha value is -2.92. The molecule has 0 saturated carbocycles. The van der Waals surface area contributed by atoms with Gasteiger partial charge in [0.15, 0.2) is 6.73 Å². The topological polar surface area (TPSA) is 87.2 Å². The number of benzene rings is 2. The van der Waals surface area contributed by atoms with Crippen LogP contribution < -0.4 is 15.1 Å². The summed E-state index contributed by atoms with van der Waals surface area (Å²) in [7, 11) is 1.65. The van der Waals surface area contributed by atoms with E-state index >= 15 is 0 Å². The predicted molar refractivity (Wildman–Crippen MR) is 141 cm³/mol. The van der Waals surface area contributed by atoms with Crippen molar-refractivity contribution in [3.05, 3.63) is 52.5 Å². The number of anilines is 2. The number of amides is 1. The molecule has 9 nitrogen and oxygen atoms in total. The Bertz CT molecular complexity index is 1260. The molecule has 36 heavy (non-hydrogen) atoms. The number of aromatic nitrogens is 1. The zero-order valence-corrected chi connectivity index (χ0v) is 21.6. The van der Waals surface area contributed by atoms with Gasteiger partial charge in [0.25, 0.3) is 0 Å². The summed E-state index contributed by atoms with van der Waals surface area (Å²) in [4.78, 5) is 30.4. The third-order valence-corrected chi connectivity index (χ3v) is 7.72. The maximum Gasteiger partial charge on any atom is 0.511 e. The van der Waals surface area contributed by atoms with Crippen molar-refractivity contribution in [1.29, 1.82) is 0 Å². The Labute approximate surface area is 218 Å². The van der Waals surface area contributed by atoms with Gasteiger partial charge in [-0.05, 0) is 54.3 Å². The third-order valence-electron chi connectivity index (χ3n) is 6.55. The number of carbonyl (C=O) groups excluding carboxylic acids is 2. The Morgan fingerprint density at radius 1 is 1.17 bits per heavy atom. The second-order valence-electron chi connectivity index (χ2n) is 8.82. The molecule has 0 atom stereocenters. The number of hydrogen-bond donors (Lipinski definition) is 1. The molecular formula is C25H28ClN5O4S. The molecule has 1 N–H and O–H groups in total. The largest absolute Gasteiger partial charge is 0.511 e. The number of fused-ring (bicyclic) bond motifs is 2. The van der Waals surface area contributed by atoms with Crippen LogP contribution >= 0.6 is 23.1 Å². The van der Waals surface area contributed by atoms with Crippen molar-refractivity contribution in [2.45, 2.75) is 12.8 Å². The van der Waals surface area contributed by atoms with E-state index in [4.69, 9.17) is 25.4 Å². The normalized spacial score (nSPS) is 16.0. The molecule has 2 aliphatic heterocycles. The van der Waals surface area contributed by atoms with Crippen molar-refractivity contribution in [2.75, 3.05) is 63.0 Å². The van der Waals surface area contributed by atoms with Crippen molar-refractivity contribution < 1.29 is 19.1 Å². The number of ether oxygens (including phenoxy) is 2. The highest BCUT2D eigenvalue weighted by molar-refractivity contribution is 7.13. The lowest BCUT2D eigenvalue weighted by atomic mass is 10.1. The van der Waals surface area contributed by atoms with Crippen LogP contribution in [0.25, 0.3) is 10.1 Å². The maximum absolute atomic E-state index is 12.5. The summed E-state index contributed by atoms with van der Waals surface area (Å²) >= 11 is 8.16. The Morgan fingerprint density at radius 3 is 2.78 bits per heavy atom. The molecule has 1 aromatic heterocycles. The van der Waals surface area contributed by atoms with Gasteiger partial charge in [-0.1, -0.05) is 29.8 Å². The molecule has 3 aromatic rings. The van der Waals surface area contributed by atoms with Gasteiger partial charge in [0.05, 0.1) is 16.8 Å². The first-order valence-electron chi connectivity index (χ1n) is 11.9. The van der Waals surface area contributed by atoms with Gasteiger partial charge in [-0.3, -0.25) is 19.9 Å². The van der Waals surface area contributed by atoms with Gasteiger partial charge >= 0.3 is 6.16 Å². The van der Waals surface area contributed by atoms with E-state index in [9.17, 15) is 9.59 Å². The van der Waals surface area contributed by atoms with Crippen molar-refractivity contribution in [1.82, 2.24) is 14.6 Å². The first kappa shape index (κ1) is 24.8. The number of hydrogen-bond acceptors (Lipinski definition) is 9. The summed E-state index contributed by atoms with van der Waals surface area (Å²) in [6, 6.07) is 12.2. The molecule has 11 heteroatoms. The Balaban J connectivity index is 1.16. The van der Waals surface area contributed by atoms with Gasteiger partial charge < -0.3 is 14.4 Å². The van der Waals surface area contributed by atoms with Gasteiger partial charge in [0.1, 0.15) is 12.5 Å². The van der Waals surface area contributed by atoms with Crippen molar-refractivity contribution >= 4 is 56.8 Å². The molecule has 2 aromatic carbocycles. The fourth-order valence-electron chi connectivity index (χ4n) is 4.63. The van der Waals surface area contributed by atoms with Crippen LogP contribution in [0.4, 0.5) is 16.3 Å². The molecule has 0 unspecified atom stereocenters. The number of nitrogens with one attached hydrogen (secondary N) is 1. The molecule has 2 aliphatic rings. The summed E-state index contributed by atoms with van der Waals surface area (Å²) in [6.07, 6.45) is 0.220. The summed E-state index contributed by atoms with van der Waals surface area (Å²) in [5, 5.41) is 4.52. The SMILES string of the molecule is CNCOC(=O)OCN1C(=O)Cc2cc(CCN3CCN(c4nsc5ccccc45)CC3)c(Cl)cc21. The van der Waals surface area contributed by atoms with Gasteiger partial charge in [-0.15, -0.1) is 0 Å². The molecule has 1 fully saturated rings. The van der Waals surface area contributed by atoms with Crippen LogP contribution in [0.15, 0.2) is 36.4 Å². The predicted octanol–water partition coefficient (Wildman–Crippen LogP) is 3.49. The van der Waals surface area contributed by atoms with E-state index < -0.39 is 6.16 Å². The van der Waals surface area contributed by atoms with Crippen LogP contribution in [0.5, 0.6) is 0 Å². The summed E-state index contributed by atoms with van der Waals surface area (Å²) in [5.74, 6) is 0.954. The lowest BCUT2D eigenvalue weighted by Crippen LogP contribution is -2.47. The molecule has 5 rings (SSSR count). The molecule has 1 saturated heterocycles. The second kappa shape index (κ2) is 11.0. The fourth-order valence-corrected chi connectivity index (χ4v) is 5.68. The number of halogens is 1. The number of rotatable bonds is 8. The standard InChI is InChI=1S/C25H28ClN5O4S/c1-27-15-34-25(33)35-16-31-21-14-20(26)17(12-18(21)13-23(31)32)6-7-29-8-10-30(11-9-29)24-19-4-2-3-5-22(19)36-28-24/h2-5,12,14,27H,6-11,13,15-16H2,1H3. The van der Waals surface area contributed by atoms with E-state index in [1.54, 1.807) is 24.6 Å². The number of piperazine rings is 1. The van der Waals surface area contributed by atoms with Crippen LogP contribution in [0.2, 0.25) is 5.02 Å². The van der Waals surface area contributed by atoms with Crippen LogP contribution in [-0.2, 0) is 27.1 Å². The summed E-state index contributed by atoms with van der Waals surface area (Å²) in [6.45, 7) is 4.52. The third kappa shape index (κ3) is 5.27. The van der Waals surface area contributed by atoms with E-state index in [0.717, 1.165) is 56.1 Å². The lowest BCUT2D eigenvalue weighted by molar-refractivity contribution is -0.118. The number of carbonyl (C=O) groups is 2. The lowest BCUT2D eigenvalue weighted by Gasteiger charge is -2.35. The van der Waals surface area contributed by atoms with Gasteiger partial charge in [0.2, 0.25) is 5.91 Å². The minimum atomic E-state index is -0.837. The molecule has 0 aliphatic carbocycles. The summed E-state index contributed by atoms with van der Waals surface area (Å²) < 4.78 is 15.8. The average Bonchev–Trinajstić information content (AvgIpc) is 3.45. The van der Waals surface area contributed by atoms with E-state index in [-0.39, 0.29) is 25.8 Å². The van der Waals surface area contributed by atoms with Crippen molar-refractivity contribution in [3.8, 4) is 0 Å². The number of nitrogens with zero attached hydrogens (tertiary/aromatic N) is 4. The molecule has 0 bridgehead atoms. The maximum atomic E-state index is 12.5. The quantitative estimate of drug-likeness (QED) is 0.350. The molecule has 1 amide bonds. The second-order valence-corrected chi connectivity index (χ2v) is 10.0. The van der Waals surface area contributed by atoms with Gasteiger partial charge in [0, 0.05) is 43.1 Å². The van der Waals surface area contributed by atoms with Crippen molar-refractivity contribution in [3.63, 3.8) is 0 Å².